The number of carbonyl (C=O) groups is 1. The minimum absolute atomic E-state index is 0.0224. The lowest BCUT2D eigenvalue weighted by Gasteiger charge is -2.31. The fraction of sp³-hybridized carbons (Fsp3) is 0.643. The number of ketones is 1. The van der Waals surface area contributed by atoms with Crippen LogP contribution >= 0.6 is 0 Å². The van der Waals surface area contributed by atoms with E-state index in [-0.39, 0.29) is 17.9 Å². The summed E-state index contributed by atoms with van der Waals surface area (Å²) in [4.78, 5) is 25.5. The molecule has 104 valence electrons. The number of aromatic nitrogens is 2. The van der Waals surface area contributed by atoms with Gasteiger partial charge in [-0.2, -0.15) is 5.10 Å². The standard InChI is InChI=1S/C14H21N3O2/c1-3-13(18)10-17-14(19)8-12(9-15-17)16-6-4-11(2)5-7-16/h8-9,11H,3-7,10H2,1-2H3. The van der Waals surface area contributed by atoms with Crippen LogP contribution in [0.1, 0.15) is 33.1 Å². The Balaban J connectivity index is 2.10. The average molecular weight is 263 g/mol. The number of carbonyl (C=O) groups excluding carboxylic acids is 1. The molecule has 1 aliphatic rings. The van der Waals surface area contributed by atoms with Crippen molar-refractivity contribution < 1.29 is 4.79 Å². The second-order valence-corrected chi connectivity index (χ2v) is 5.27. The molecule has 1 aromatic heterocycles. The molecule has 19 heavy (non-hydrogen) atoms. The first-order valence-electron chi connectivity index (χ1n) is 6.94. The Morgan fingerprint density at radius 2 is 2.11 bits per heavy atom. The van der Waals surface area contributed by atoms with Crippen LogP contribution in [0.5, 0.6) is 0 Å². The van der Waals surface area contributed by atoms with Crippen molar-refractivity contribution in [1.82, 2.24) is 9.78 Å². The largest absolute Gasteiger partial charge is 0.370 e. The zero-order valence-corrected chi connectivity index (χ0v) is 11.6. The van der Waals surface area contributed by atoms with Crippen molar-refractivity contribution in [1.29, 1.82) is 0 Å². The van der Waals surface area contributed by atoms with Crippen molar-refractivity contribution in [3.05, 3.63) is 22.6 Å². The van der Waals surface area contributed by atoms with Gasteiger partial charge in [0.15, 0.2) is 5.78 Å². The Morgan fingerprint density at radius 1 is 1.42 bits per heavy atom. The Labute approximate surface area is 113 Å². The van der Waals surface area contributed by atoms with Gasteiger partial charge in [-0.05, 0) is 18.8 Å². The first kappa shape index (κ1) is 13.8. The molecular formula is C14H21N3O2. The molecule has 0 amide bonds. The summed E-state index contributed by atoms with van der Waals surface area (Å²) < 4.78 is 1.24. The topological polar surface area (TPSA) is 55.2 Å². The van der Waals surface area contributed by atoms with Gasteiger partial charge >= 0.3 is 0 Å². The number of hydrogen-bond acceptors (Lipinski definition) is 4. The zero-order valence-electron chi connectivity index (χ0n) is 11.6. The molecule has 0 aliphatic carbocycles. The van der Waals surface area contributed by atoms with Crippen LogP contribution in [0.4, 0.5) is 5.69 Å². The molecule has 0 unspecified atom stereocenters. The van der Waals surface area contributed by atoms with Gasteiger partial charge in [0.05, 0.1) is 11.9 Å². The van der Waals surface area contributed by atoms with Crippen molar-refractivity contribution in [3.63, 3.8) is 0 Å². The molecule has 0 atom stereocenters. The summed E-state index contributed by atoms with van der Waals surface area (Å²) in [6.45, 7) is 6.06. The van der Waals surface area contributed by atoms with Gasteiger partial charge in [-0.25, -0.2) is 4.68 Å². The fourth-order valence-electron chi connectivity index (χ4n) is 2.26. The number of Topliss-reactive ketones (excluding diaryl/α,β-unsaturated/α-hetero) is 1. The first-order valence-corrected chi connectivity index (χ1v) is 6.94. The minimum Gasteiger partial charge on any atom is -0.370 e. The second kappa shape index (κ2) is 5.99. The molecule has 2 rings (SSSR count). The van der Waals surface area contributed by atoms with Gasteiger partial charge in [-0.15, -0.1) is 0 Å². The molecule has 0 saturated carbocycles. The highest BCUT2D eigenvalue weighted by Crippen LogP contribution is 2.20. The molecule has 2 heterocycles. The number of hydrogen-bond donors (Lipinski definition) is 0. The van der Waals surface area contributed by atoms with Crippen LogP contribution in [-0.4, -0.2) is 28.7 Å². The van der Waals surface area contributed by atoms with Crippen LogP contribution in [0.25, 0.3) is 0 Å². The first-order chi connectivity index (χ1) is 9.10. The maximum atomic E-state index is 11.9. The van der Waals surface area contributed by atoms with Gasteiger partial charge in [-0.1, -0.05) is 13.8 Å². The molecule has 0 aromatic carbocycles. The van der Waals surface area contributed by atoms with E-state index >= 15 is 0 Å². The van der Waals surface area contributed by atoms with Crippen molar-refractivity contribution >= 4 is 11.5 Å². The highest BCUT2D eigenvalue weighted by atomic mass is 16.1. The average Bonchev–Trinajstić information content (AvgIpc) is 2.41. The van der Waals surface area contributed by atoms with Crippen molar-refractivity contribution in [3.8, 4) is 0 Å². The summed E-state index contributed by atoms with van der Waals surface area (Å²) >= 11 is 0. The SMILES string of the molecule is CCC(=O)Cn1ncc(N2CCC(C)CC2)cc1=O. The van der Waals surface area contributed by atoms with E-state index in [0.717, 1.165) is 37.5 Å². The van der Waals surface area contributed by atoms with E-state index in [2.05, 4.69) is 16.9 Å². The molecule has 1 aromatic rings. The van der Waals surface area contributed by atoms with Crippen molar-refractivity contribution in [2.45, 2.75) is 39.7 Å². The maximum absolute atomic E-state index is 11.9. The molecule has 0 radical (unpaired) electrons. The van der Waals surface area contributed by atoms with Gasteiger partial charge in [-0.3, -0.25) is 9.59 Å². The number of nitrogens with zero attached hydrogens (tertiary/aromatic N) is 3. The molecule has 1 aliphatic heterocycles. The maximum Gasteiger partial charge on any atom is 0.269 e. The molecule has 0 spiro atoms. The summed E-state index contributed by atoms with van der Waals surface area (Å²) in [5.74, 6) is 0.779. The summed E-state index contributed by atoms with van der Waals surface area (Å²) in [7, 11) is 0. The highest BCUT2D eigenvalue weighted by molar-refractivity contribution is 5.77. The molecule has 0 N–H and O–H groups in total. The molecular weight excluding hydrogens is 242 g/mol. The Hall–Kier alpha value is -1.65. The van der Waals surface area contributed by atoms with Crippen LogP contribution in [0.2, 0.25) is 0 Å². The van der Waals surface area contributed by atoms with Crippen molar-refractivity contribution in [2.75, 3.05) is 18.0 Å². The summed E-state index contributed by atoms with van der Waals surface area (Å²) in [5, 5.41) is 4.10. The summed E-state index contributed by atoms with van der Waals surface area (Å²) in [6.07, 6.45) is 4.43. The predicted octanol–water partition coefficient (Wildman–Crippen LogP) is 1.46. The molecule has 0 bridgehead atoms. The Kier molecular flexibility index (Phi) is 4.35. The molecule has 5 nitrogen and oxygen atoms in total. The predicted molar refractivity (Wildman–Crippen MR) is 74.4 cm³/mol. The monoisotopic (exact) mass is 263 g/mol. The van der Waals surface area contributed by atoms with Crippen molar-refractivity contribution in [2.24, 2.45) is 5.92 Å². The van der Waals surface area contributed by atoms with Crippen LogP contribution in [0, 0.1) is 5.92 Å². The highest BCUT2D eigenvalue weighted by Gasteiger charge is 2.17. The third kappa shape index (κ3) is 3.43. The van der Waals surface area contributed by atoms with E-state index < -0.39 is 0 Å². The van der Waals surface area contributed by atoms with Gasteiger partial charge in [0.1, 0.15) is 6.54 Å². The van der Waals surface area contributed by atoms with Gasteiger partial charge in [0.25, 0.3) is 5.56 Å². The van der Waals surface area contributed by atoms with Crippen LogP contribution in [0.15, 0.2) is 17.1 Å². The zero-order chi connectivity index (χ0) is 13.8. The van der Waals surface area contributed by atoms with Gasteiger partial charge < -0.3 is 4.90 Å². The summed E-state index contributed by atoms with van der Waals surface area (Å²) in [5.41, 5.74) is 0.676. The van der Waals surface area contributed by atoms with Gasteiger partial charge in [0, 0.05) is 25.6 Å². The lowest BCUT2D eigenvalue weighted by molar-refractivity contribution is -0.119. The van der Waals surface area contributed by atoms with Crippen LogP contribution in [0.3, 0.4) is 0 Å². The van der Waals surface area contributed by atoms with E-state index in [0.29, 0.717) is 6.42 Å². The normalized spacial score (nSPS) is 16.6. The van der Waals surface area contributed by atoms with Gasteiger partial charge in [0.2, 0.25) is 0 Å². The van der Waals surface area contributed by atoms with E-state index in [1.807, 2.05) is 0 Å². The van der Waals surface area contributed by atoms with Crippen LogP contribution in [-0.2, 0) is 11.3 Å². The quantitative estimate of drug-likeness (QED) is 0.825. The van der Waals surface area contributed by atoms with E-state index in [9.17, 15) is 9.59 Å². The van der Waals surface area contributed by atoms with E-state index in [4.69, 9.17) is 0 Å². The molecule has 5 heteroatoms. The lowest BCUT2D eigenvalue weighted by atomic mass is 9.99. The lowest BCUT2D eigenvalue weighted by Crippen LogP contribution is -2.35. The number of anilines is 1. The third-order valence-corrected chi connectivity index (χ3v) is 3.72. The number of rotatable bonds is 4. The summed E-state index contributed by atoms with van der Waals surface area (Å²) in [6, 6.07) is 1.59. The molecule has 1 fully saturated rings. The second-order valence-electron chi connectivity index (χ2n) is 5.27. The minimum atomic E-state index is -0.196. The Morgan fingerprint density at radius 3 is 2.68 bits per heavy atom. The van der Waals surface area contributed by atoms with E-state index in [1.165, 1.54) is 4.68 Å². The van der Waals surface area contributed by atoms with E-state index in [1.54, 1.807) is 19.2 Å². The smallest absolute Gasteiger partial charge is 0.269 e. The molecule has 1 saturated heterocycles. The number of piperidine rings is 1. The van der Waals surface area contributed by atoms with Crippen LogP contribution < -0.4 is 10.5 Å². The third-order valence-electron chi connectivity index (χ3n) is 3.72. The Bertz CT molecular complexity index is 502. The fourth-order valence-corrected chi connectivity index (χ4v) is 2.26.